The summed E-state index contributed by atoms with van der Waals surface area (Å²) in [5.41, 5.74) is 2.44. The normalized spacial score (nSPS) is 14.7. The second kappa shape index (κ2) is 10.7. The predicted octanol–water partition coefficient (Wildman–Crippen LogP) is 4.65. The summed E-state index contributed by atoms with van der Waals surface area (Å²) >= 11 is 0. The third kappa shape index (κ3) is 6.35. The van der Waals surface area contributed by atoms with Gasteiger partial charge in [-0.25, -0.2) is 0 Å². The smallest absolute Gasteiger partial charge is 0.367 e. The molecule has 5 nitrogen and oxygen atoms in total. The van der Waals surface area contributed by atoms with Gasteiger partial charge in [0.2, 0.25) is 5.91 Å². The lowest BCUT2D eigenvalue weighted by Crippen LogP contribution is -2.47. The Morgan fingerprint density at radius 1 is 0.912 bits per heavy atom. The number of piperazine rings is 1. The molecule has 1 aliphatic rings. The van der Waals surface area contributed by atoms with Crippen LogP contribution in [0.5, 0.6) is 0 Å². The third-order valence-electron chi connectivity index (χ3n) is 5.98. The number of nitrogens with one attached hydrogen (secondary N) is 1. The lowest BCUT2D eigenvalue weighted by atomic mass is 10.1. The summed E-state index contributed by atoms with van der Waals surface area (Å²) in [6, 6.07) is 16.5. The maximum absolute atomic E-state index is 13.0. The van der Waals surface area contributed by atoms with Crippen LogP contribution in [0.25, 0.3) is 0 Å². The van der Waals surface area contributed by atoms with Crippen LogP contribution < -0.4 is 10.2 Å². The number of alkyl halides is 3. The van der Waals surface area contributed by atoms with Crippen LogP contribution in [0, 0.1) is 0 Å². The van der Waals surface area contributed by atoms with E-state index in [-0.39, 0.29) is 12.3 Å². The fourth-order valence-corrected chi connectivity index (χ4v) is 4.14. The Hall–Kier alpha value is -3.39. The number of carbonyl (C=O) groups is 1. The Labute approximate surface area is 197 Å². The first-order valence-electron chi connectivity index (χ1n) is 11.3. The van der Waals surface area contributed by atoms with E-state index in [4.69, 9.17) is 0 Å². The summed E-state index contributed by atoms with van der Waals surface area (Å²) in [6.45, 7) is 4.47. The van der Waals surface area contributed by atoms with Crippen molar-refractivity contribution < 1.29 is 18.0 Å². The molecule has 0 unspecified atom stereocenters. The minimum atomic E-state index is -4.43. The van der Waals surface area contributed by atoms with Crippen molar-refractivity contribution in [2.24, 2.45) is 0 Å². The summed E-state index contributed by atoms with van der Waals surface area (Å²) in [6.07, 6.45) is 0.0440. The Bertz CT molecular complexity index is 1100. The minimum absolute atomic E-state index is 0.124. The second-order valence-electron chi connectivity index (χ2n) is 8.37. The largest absolute Gasteiger partial charge is 0.416 e. The number of rotatable bonds is 7. The maximum Gasteiger partial charge on any atom is 0.416 e. The van der Waals surface area contributed by atoms with Crippen molar-refractivity contribution in [2.45, 2.75) is 19.0 Å². The molecule has 1 aliphatic heterocycles. The van der Waals surface area contributed by atoms with Gasteiger partial charge in [0.25, 0.3) is 0 Å². The number of pyridine rings is 1. The van der Waals surface area contributed by atoms with Crippen molar-refractivity contribution in [1.29, 1.82) is 0 Å². The molecule has 0 saturated carbocycles. The van der Waals surface area contributed by atoms with Gasteiger partial charge < -0.3 is 10.2 Å². The molecule has 0 aliphatic carbocycles. The standard InChI is InChI=1S/C26H27F3N4O/c27-26(28,29)22-5-3-4-21(18-22)19-25(34)31-23-6-1-2-7-24(23)33-16-14-32(15-17-33)13-10-20-8-11-30-12-9-20/h1-9,11-12,18H,10,13-17,19H2,(H,31,34). The van der Waals surface area contributed by atoms with Crippen LogP contribution in [0.4, 0.5) is 24.5 Å². The third-order valence-corrected chi connectivity index (χ3v) is 5.98. The van der Waals surface area contributed by atoms with Crippen LogP contribution >= 0.6 is 0 Å². The van der Waals surface area contributed by atoms with E-state index in [0.717, 1.165) is 57.0 Å². The topological polar surface area (TPSA) is 48.5 Å². The van der Waals surface area contributed by atoms with Gasteiger partial charge in [0.05, 0.1) is 23.4 Å². The summed E-state index contributed by atoms with van der Waals surface area (Å²) in [4.78, 5) is 21.3. The van der Waals surface area contributed by atoms with Gasteiger partial charge in [0.15, 0.2) is 0 Å². The molecule has 0 spiro atoms. The van der Waals surface area contributed by atoms with E-state index in [0.29, 0.717) is 11.3 Å². The SMILES string of the molecule is O=C(Cc1cccc(C(F)(F)F)c1)Nc1ccccc1N1CCN(CCc2ccncc2)CC1. The number of anilines is 2. The molecule has 4 rings (SSSR count). The number of benzene rings is 2. The summed E-state index contributed by atoms with van der Waals surface area (Å²) < 4.78 is 38.9. The fourth-order valence-electron chi connectivity index (χ4n) is 4.14. The van der Waals surface area contributed by atoms with Crippen molar-refractivity contribution in [3.8, 4) is 0 Å². The van der Waals surface area contributed by atoms with Gasteiger partial charge >= 0.3 is 6.18 Å². The van der Waals surface area contributed by atoms with E-state index < -0.39 is 11.7 Å². The van der Waals surface area contributed by atoms with Crippen molar-refractivity contribution in [2.75, 3.05) is 42.9 Å². The Morgan fingerprint density at radius 2 is 1.65 bits per heavy atom. The highest BCUT2D eigenvalue weighted by Crippen LogP contribution is 2.30. The van der Waals surface area contributed by atoms with Gasteiger partial charge in [-0.05, 0) is 47.9 Å². The van der Waals surface area contributed by atoms with Crippen molar-refractivity contribution >= 4 is 17.3 Å². The quantitative estimate of drug-likeness (QED) is 0.549. The van der Waals surface area contributed by atoms with Crippen molar-refractivity contribution in [3.05, 3.63) is 89.7 Å². The number of nitrogens with zero attached hydrogens (tertiary/aromatic N) is 3. The second-order valence-corrected chi connectivity index (χ2v) is 8.37. The van der Waals surface area contributed by atoms with Crippen LogP contribution in [-0.2, 0) is 23.8 Å². The molecule has 34 heavy (non-hydrogen) atoms. The highest BCUT2D eigenvalue weighted by molar-refractivity contribution is 5.95. The molecule has 1 fully saturated rings. The Balaban J connectivity index is 1.34. The van der Waals surface area contributed by atoms with Crippen LogP contribution in [0.2, 0.25) is 0 Å². The highest BCUT2D eigenvalue weighted by atomic mass is 19.4. The molecular formula is C26H27F3N4O. The molecule has 0 atom stereocenters. The minimum Gasteiger partial charge on any atom is -0.367 e. The zero-order chi connectivity index (χ0) is 24.0. The van der Waals surface area contributed by atoms with Gasteiger partial charge in [-0.2, -0.15) is 13.2 Å². The van der Waals surface area contributed by atoms with E-state index in [1.54, 1.807) is 0 Å². The van der Waals surface area contributed by atoms with Crippen molar-refractivity contribution in [1.82, 2.24) is 9.88 Å². The first-order chi connectivity index (χ1) is 16.4. The molecule has 2 heterocycles. The maximum atomic E-state index is 13.0. The van der Waals surface area contributed by atoms with Crippen molar-refractivity contribution in [3.63, 3.8) is 0 Å². The predicted molar refractivity (Wildman–Crippen MR) is 127 cm³/mol. The lowest BCUT2D eigenvalue weighted by Gasteiger charge is -2.37. The average molecular weight is 469 g/mol. The number of amides is 1. The molecular weight excluding hydrogens is 441 g/mol. The summed E-state index contributed by atoms with van der Waals surface area (Å²) in [7, 11) is 0. The number of hydrogen-bond acceptors (Lipinski definition) is 4. The van der Waals surface area contributed by atoms with Gasteiger partial charge in [0.1, 0.15) is 0 Å². The molecule has 1 saturated heterocycles. The van der Waals surface area contributed by atoms with Crippen LogP contribution in [0.15, 0.2) is 73.1 Å². The Kier molecular flexibility index (Phi) is 7.47. The molecule has 8 heteroatoms. The summed E-state index contributed by atoms with van der Waals surface area (Å²) in [5.74, 6) is -0.345. The summed E-state index contributed by atoms with van der Waals surface area (Å²) in [5, 5.41) is 2.89. The zero-order valence-corrected chi connectivity index (χ0v) is 18.8. The number of carbonyl (C=O) groups excluding carboxylic acids is 1. The van der Waals surface area contributed by atoms with E-state index in [1.807, 2.05) is 48.8 Å². The van der Waals surface area contributed by atoms with Crippen LogP contribution in [0.3, 0.4) is 0 Å². The van der Waals surface area contributed by atoms with E-state index in [2.05, 4.69) is 20.1 Å². The molecule has 1 amide bonds. The van der Waals surface area contributed by atoms with Crippen LogP contribution in [0.1, 0.15) is 16.7 Å². The molecule has 2 aromatic carbocycles. The Morgan fingerprint density at radius 3 is 2.38 bits per heavy atom. The molecule has 0 radical (unpaired) electrons. The van der Waals surface area contributed by atoms with Gasteiger partial charge in [-0.3, -0.25) is 14.7 Å². The number of para-hydroxylation sites is 2. The van der Waals surface area contributed by atoms with Gasteiger partial charge in [-0.1, -0.05) is 30.3 Å². The number of hydrogen-bond donors (Lipinski definition) is 1. The van der Waals surface area contributed by atoms with E-state index in [9.17, 15) is 18.0 Å². The highest BCUT2D eigenvalue weighted by Gasteiger charge is 2.30. The van der Waals surface area contributed by atoms with E-state index >= 15 is 0 Å². The lowest BCUT2D eigenvalue weighted by molar-refractivity contribution is -0.137. The van der Waals surface area contributed by atoms with Crippen LogP contribution in [-0.4, -0.2) is 48.5 Å². The average Bonchev–Trinajstić information content (AvgIpc) is 2.84. The molecule has 1 N–H and O–H groups in total. The van der Waals surface area contributed by atoms with Gasteiger partial charge in [-0.15, -0.1) is 0 Å². The molecule has 0 bridgehead atoms. The number of aromatic nitrogens is 1. The first-order valence-corrected chi connectivity index (χ1v) is 11.3. The molecule has 1 aromatic heterocycles. The molecule has 178 valence electrons. The number of halogens is 3. The molecule has 3 aromatic rings. The first kappa shape index (κ1) is 23.8. The monoisotopic (exact) mass is 468 g/mol. The van der Waals surface area contributed by atoms with Gasteiger partial charge in [0, 0.05) is 45.1 Å². The zero-order valence-electron chi connectivity index (χ0n) is 18.8. The van der Waals surface area contributed by atoms with E-state index in [1.165, 1.54) is 17.7 Å². The fraction of sp³-hybridized carbons (Fsp3) is 0.308.